The number of allylic oxidation sites excluding steroid dienone is 4. The van der Waals surface area contributed by atoms with Gasteiger partial charge in [-0.1, -0.05) is 101 Å². The fourth-order valence-electron chi connectivity index (χ4n) is 5.14. The second kappa shape index (κ2) is 15.6. The first-order chi connectivity index (χ1) is 18.4. The number of thiophene rings is 1. The van der Waals surface area contributed by atoms with Crippen LogP contribution >= 0.6 is 11.3 Å². The Labute approximate surface area is 281 Å². The van der Waals surface area contributed by atoms with E-state index in [1.807, 2.05) is 0 Å². The van der Waals surface area contributed by atoms with Crippen LogP contribution in [0.4, 0.5) is 0 Å². The Hall–Kier alpha value is -1.05. The van der Waals surface area contributed by atoms with Gasteiger partial charge in [0.2, 0.25) is 0 Å². The average molecular weight is 683 g/mol. The number of halogens is 2. The molecule has 0 aliphatic heterocycles. The van der Waals surface area contributed by atoms with Crippen LogP contribution in [-0.2, 0) is 41.5 Å². The molecule has 1 atom stereocenters. The number of benzene rings is 2. The zero-order chi connectivity index (χ0) is 28.2. The van der Waals surface area contributed by atoms with Crippen LogP contribution in [0, 0.1) is 18.1 Å². The molecule has 3 aliphatic rings. The summed E-state index contributed by atoms with van der Waals surface area (Å²) in [7, 11) is 0. The van der Waals surface area contributed by atoms with E-state index in [-0.39, 0.29) is 35.6 Å². The first-order valence-corrected chi connectivity index (χ1v) is 16.7. The molecule has 3 aliphatic carbocycles. The van der Waals surface area contributed by atoms with E-state index in [0.29, 0.717) is 5.92 Å². The van der Waals surface area contributed by atoms with Gasteiger partial charge >= 0.3 is 59.5 Å². The molecule has 3 aromatic rings. The second-order valence-electron chi connectivity index (χ2n) is 13.2. The van der Waals surface area contributed by atoms with E-state index >= 15 is 0 Å². The van der Waals surface area contributed by atoms with Crippen molar-refractivity contribution in [2.45, 2.75) is 97.8 Å². The number of rotatable bonds is 1. The molecule has 218 valence electrons. The van der Waals surface area contributed by atoms with Crippen LogP contribution in [0.25, 0.3) is 16.7 Å². The van der Waals surface area contributed by atoms with Crippen molar-refractivity contribution in [3.05, 3.63) is 99.3 Å². The molecule has 0 nitrogen and oxygen atoms in total. The number of hydrogen-bond acceptors (Lipinski definition) is 1. The van der Waals surface area contributed by atoms with Gasteiger partial charge in [-0.05, 0) is 22.8 Å². The van der Waals surface area contributed by atoms with Crippen molar-refractivity contribution in [2.24, 2.45) is 5.92 Å². The molecule has 6 rings (SSSR count). The first-order valence-electron chi connectivity index (χ1n) is 14.5. The van der Waals surface area contributed by atoms with E-state index in [0.717, 1.165) is 6.42 Å². The van der Waals surface area contributed by atoms with Gasteiger partial charge in [-0.15, -0.1) is 17.2 Å². The van der Waals surface area contributed by atoms with Crippen molar-refractivity contribution in [3.63, 3.8) is 0 Å². The average Bonchev–Trinajstić information content (AvgIpc) is 3.63. The van der Waals surface area contributed by atoms with Crippen LogP contribution in [0.15, 0.2) is 59.3 Å². The summed E-state index contributed by atoms with van der Waals surface area (Å²) in [6, 6.07) is 17.2. The Bertz CT molecular complexity index is 1280. The molecule has 1 heterocycles. The quantitative estimate of drug-likeness (QED) is 0.260. The van der Waals surface area contributed by atoms with Crippen molar-refractivity contribution in [1.29, 1.82) is 0 Å². The summed E-state index contributed by atoms with van der Waals surface area (Å²) in [5.41, 5.74) is 11.3. The minimum atomic E-state index is 0. The van der Waals surface area contributed by atoms with Gasteiger partial charge in [0.25, 0.3) is 0 Å². The topological polar surface area (TPSA) is 0 Å². The fraction of sp³-hybridized carbons (Fsp3) is 0.432. The Morgan fingerprint density at radius 2 is 1.51 bits per heavy atom. The molecule has 1 fully saturated rings. The molecule has 41 heavy (non-hydrogen) atoms. The predicted molar refractivity (Wildman–Crippen MR) is 168 cm³/mol. The molecule has 1 saturated carbocycles. The Morgan fingerprint density at radius 1 is 0.854 bits per heavy atom. The van der Waals surface area contributed by atoms with Crippen LogP contribution in [0.1, 0.15) is 108 Å². The molecule has 0 bridgehead atoms. The van der Waals surface area contributed by atoms with Gasteiger partial charge in [0.05, 0.1) is 0 Å². The molecule has 0 N–H and O–H groups in total. The normalized spacial score (nSPS) is 17.0. The monoisotopic (exact) mass is 680 g/mol. The predicted octanol–water partition coefficient (Wildman–Crippen LogP) is 4.47. The maximum absolute atomic E-state index is 3.53. The van der Waals surface area contributed by atoms with E-state index in [2.05, 4.69) is 120 Å². The van der Waals surface area contributed by atoms with Gasteiger partial charge in [-0.3, -0.25) is 0 Å². The van der Waals surface area contributed by atoms with Crippen LogP contribution in [0.2, 0.25) is 0 Å². The van der Waals surface area contributed by atoms with Crippen molar-refractivity contribution in [2.75, 3.05) is 0 Å². The van der Waals surface area contributed by atoms with Gasteiger partial charge in [0, 0.05) is 0 Å². The number of hydrogen-bond donors (Lipinski definition) is 0. The summed E-state index contributed by atoms with van der Waals surface area (Å²) >= 11 is 3.42. The van der Waals surface area contributed by atoms with Crippen molar-refractivity contribution in [3.8, 4) is 11.1 Å². The summed E-state index contributed by atoms with van der Waals surface area (Å²) in [4.78, 5) is 0. The molecule has 0 radical (unpaired) electrons. The third-order valence-corrected chi connectivity index (χ3v) is 9.66. The SMILES string of the molecule is CC(C)(C)c1c[c-]c2c(c1)-c1cc(C(C)(C)C)ccc1C2.CC1[C-]=C(c2ccsc2)C=C1.[Cl-].[Cl-].[Zr+2]=[C]1CCCCC1. The Kier molecular flexibility index (Phi) is 13.8. The van der Waals surface area contributed by atoms with E-state index in [9.17, 15) is 0 Å². The summed E-state index contributed by atoms with van der Waals surface area (Å²) in [6.45, 7) is 15.8. The van der Waals surface area contributed by atoms with Gasteiger partial charge in [0.15, 0.2) is 0 Å². The maximum atomic E-state index is 3.53. The first kappa shape index (κ1) is 36.1. The summed E-state index contributed by atoms with van der Waals surface area (Å²) in [5.74, 6) is 0.491. The van der Waals surface area contributed by atoms with E-state index in [1.165, 1.54) is 76.6 Å². The molecular formula is C37H44Cl2SZr-2. The molecule has 0 spiro atoms. The van der Waals surface area contributed by atoms with Crippen LogP contribution < -0.4 is 24.8 Å². The van der Waals surface area contributed by atoms with Gasteiger partial charge in [-0.2, -0.15) is 58.4 Å². The minimum absolute atomic E-state index is 0. The van der Waals surface area contributed by atoms with Gasteiger partial charge in [0.1, 0.15) is 0 Å². The molecular weight excluding hydrogens is 639 g/mol. The van der Waals surface area contributed by atoms with E-state index < -0.39 is 0 Å². The standard InChI is InChI=1S/C21H25.C10H9S.C6H10.2ClH.Zr/c1-20(2,3)16-9-7-14-11-15-8-10-17(21(4,5)6)13-19(15)18(14)12-16;1-8-2-3-9(6-8)10-4-5-11-7-10;1-2-4-6-5-3-1;;;/h7,9-10,12-13H,11H2,1-6H3;2-5,7-8H,1H3;1-5H2;2*1H;/q2*-1;;;;+2/p-2. The van der Waals surface area contributed by atoms with E-state index in [4.69, 9.17) is 0 Å². The molecule has 1 aromatic heterocycles. The zero-order valence-electron chi connectivity index (χ0n) is 25.8. The van der Waals surface area contributed by atoms with Crippen molar-refractivity contribution in [1.82, 2.24) is 0 Å². The zero-order valence-corrected chi connectivity index (χ0v) is 30.5. The molecule has 0 saturated heterocycles. The Morgan fingerprint density at radius 3 is 2.02 bits per heavy atom. The Balaban J connectivity index is 0.000000246. The second-order valence-corrected chi connectivity index (χ2v) is 15.7. The molecule has 4 heteroatoms. The van der Waals surface area contributed by atoms with Crippen molar-refractivity contribution >= 4 is 20.1 Å². The third kappa shape index (κ3) is 9.99. The van der Waals surface area contributed by atoms with E-state index in [1.54, 1.807) is 38.8 Å². The van der Waals surface area contributed by atoms with Crippen LogP contribution in [-0.4, -0.2) is 3.21 Å². The molecule has 2 aromatic carbocycles. The summed E-state index contributed by atoms with van der Waals surface area (Å²) < 4.78 is 1.80. The summed E-state index contributed by atoms with van der Waals surface area (Å²) in [6.07, 6.45) is 16.0. The van der Waals surface area contributed by atoms with Crippen molar-refractivity contribution < 1.29 is 49.0 Å². The number of fused-ring (bicyclic) bond motifs is 3. The summed E-state index contributed by atoms with van der Waals surface area (Å²) in [5, 5.41) is 4.26. The van der Waals surface area contributed by atoms with Crippen LogP contribution in [0.5, 0.6) is 0 Å². The van der Waals surface area contributed by atoms with Crippen LogP contribution in [0.3, 0.4) is 0 Å². The fourth-order valence-corrected chi connectivity index (χ4v) is 6.67. The van der Waals surface area contributed by atoms with Gasteiger partial charge < -0.3 is 24.8 Å². The van der Waals surface area contributed by atoms with Gasteiger partial charge in [-0.25, -0.2) is 0 Å². The molecule has 0 amide bonds. The molecule has 1 unspecified atom stereocenters. The third-order valence-electron chi connectivity index (χ3n) is 7.75.